The van der Waals surface area contributed by atoms with Gasteiger partial charge in [0.05, 0.1) is 11.4 Å². The second kappa shape index (κ2) is 4.37. The van der Waals surface area contributed by atoms with Crippen LogP contribution < -0.4 is 5.73 Å². The Bertz CT molecular complexity index is 566. The third-order valence-electron chi connectivity index (χ3n) is 2.58. The van der Waals surface area contributed by atoms with Crippen molar-refractivity contribution in [2.45, 2.75) is 13.8 Å². The number of nitrogens with two attached hydrogens (primary N) is 1. The number of nitrogen functional groups attached to an aromatic ring is 1. The second-order valence-corrected chi connectivity index (χ2v) is 4.21. The molecule has 17 heavy (non-hydrogen) atoms. The first-order valence-electron chi connectivity index (χ1n) is 4.95. The van der Waals surface area contributed by atoms with Gasteiger partial charge in [0.2, 0.25) is 0 Å². The highest BCUT2D eigenvalue weighted by Crippen LogP contribution is 2.31. The number of rotatable bonds is 2. The maximum absolute atomic E-state index is 13.8. The summed E-state index contributed by atoms with van der Waals surface area (Å²) in [5, 5.41) is 3.98. The fourth-order valence-corrected chi connectivity index (χ4v) is 2.16. The first-order chi connectivity index (χ1) is 8.04. The molecule has 2 N–H and O–H groups in total. The molecule has 2 rings (SSSR count). The Balaban J connectivity index is 2.64. The summed E-state index contributed by atoms with van der Waals surface area (Å²) >= 11 is -0.00749. The van der Waals surface area contributed by atoms with Crippen molar-refractivity contribution in [2.24, 2.45) is 0 Å². The first-order valence-corrected chi connectivity index (χ1v) is 5.62. The molecule has 1 heterocycles. The number of aromatic nitrogens is 2. The molecule has 6 heteroatoms. The summed E-state index contributed by atoms with van der Waals surface area (Å²) in [6.07, 6.45) is 0. The van der Waals surface area contributed by atoms with Crippen LogP contribution in [0.15, 0.2) is 18.2 Å². The van der Waals surface area contributed by atoms with Gasteiger partial charge in [-0.05, 0) is 32.0 Å². The number of benzene rings is 1. The SMILES string of the molecule is Cc1nn(SF)c(C)c1-c1ccc(N)cc1F. The fourth-order valence-electron chi connectivity index (χ4n) is 1.81. The number of hydrogen-bond acceptors (Lipinski definition) is 3. The summed E-state index contributed by atoms with van der Waals surface area (Å²) < 4.78 is 27.5. The third-order valence-corrected chi connectivity index (χ3v) is 3.07. The summed E-state index contributed by atoms with van der Waals surface area (Å²) in [7, 11) is 0. The van der Waals surface area contributed by atoms with E-state index in [0.717, 1.165) is 4.09 Å². The maximum atomic E-state index is 13.8. The van der Waals surface area contributed by atoms with Crippen molar-refractivity contribution in [2.75, 3.05) is 5.73 Å². The molecule has 3 nitrogen and oxygen atoms in total. The lowest BCUT2D eigenvalue weighted by Gasteiger charge is -2.04. The Hall–Kier alpha value is -1.56. The number of anilines is 1. The molecule has 0 aliphatic heterocycles. The van der Waals surface area contributed by atoms with Gasteiger partial charge in [0.1, 0.15) is 5.82 Å². The smallest absolute Gasteiger partial charge is 0.187 e. The largest absolute Gasteiger partial charge is 0.399 e. The highest BCUT2D eigenvalue weighted by molar-refractivity contribution is 7.92. The van der Waals surface area contributed by atoms with Crippen LogP contribution in [0.2, 0.25) is 0 Å². The van der Waals surface area contributed by atoms with E-state index in [1.807, 2.05) is 0 Å². The molecule has 2 aromatic rings. The molecule has 0 aliphatic carbocycles. The van der Waals surface area contributed by atoms with Crippen molar-refractivity contribution in [1.82, 2.24) is 9.19 Å². The van der Waals surface area contributed by atoms with Gasteiger partial charge in [-0.15, -0.1) is 3.89 Å². The summed E-state index contributed by atoms with van der Waals surface area (Å²) in [6.45, 7) is 3.41. The zero-order valence-corrected chi connectivity index (χ0v) is 10.2. The lowest BCUT2D eigenvalue weighted by molar-refractivity contribution is 0.631. The molecule has 0 aliphatic rings. The highest BCUT2D eigenvalue weighted by Gasteiger charge is 2.17. The summed E-state index contributed by atoms with van der Waals surface area (Å²) in [5.41, 5.74) is 7.98. The number of aryl methyl sites for hydroxylation is 1. The van der Waals surface area contributed by atoms with E-state index < -0.39 is 5.82 Å². The summed E-state index contributed by atoms with van der Waals surface area (Å²) in [6, 6.07) is 4.43. The van der Waals surface area contributed by atoms with Crippen LogP contribution in [0.25, 0.3) is 11.1 Å². The average molecular weight is 255 g/mol. The average Bonchev–Trinajstić information content (AvgIpc) is 2.55. The van der Waals surface area contributed by atoms with Gasteiger partial charge in [-0.2, -0.15) is 9.19 Å². The van der Waals surface area contributed by atoms with E-state index in [1.165, 1.54) is 6.07 Å². The van der Waals surface area contributed by atoms with Crippen molar-refractivity contribution in [3.05, 3.63) is 35.4 Å². The number of nitrogens with zero attached hydrogens (tertiary/aromatic N) is 2. The van der Waals surface area contributed by atoms with Gasteiger partial charge < -0.3 is 5.73 Å². The molecule has 0 saturated heterocycles. The van der Waals surface area contributed by atoms with Gasteiger partial charge in [0.25, 0.3) is 0 Å². The second-order valence-electron chi connectivity index (χ2n) is 3.73. The molecule has 0 amide bonds. The van der Waals surface area contributed by atoms with Gasteiger partial charge in [-0.3, -0.25) is 0 Å². The van der Waals surface area contributed by atoms with Crippen LogP contribution in [0.3, 0.4) is 0 Å². The number of halogens is 2. The molecule has 0 radical (unpaired) electrons. The predicted octanol–water partition coefficient (Wildman–Crippen LogP) is 3.27. The molecule has 0 atom stereocenters. The van der Waals surface area contributed by atoms with E-state index in [4.69, 9.17) is 5.73 Å². The van der Waals surface area contributed by atoms with Crippen LogP contribution in [0.5, 0.6) is 0 Å². The van der Waals surface area contributed by atoms with Gasteiger partial charge in [0.15, 0.2) is 12.3 Å². The Morgan fingerprint density at radius 3 is 2.59 bits per heavy atom. The molecule has 0 bridgehead atoms. The minimum atomic E-state index is -0.431. The van der Waals surface area contributed by atoms with Crippen molar-refractivity contribution in [3.63, 3.8) is 0 Å². The van der Waals surface area contributed by atoms with Crippen LogP contribution in [0.1, 0.15) is 11.4 Å². The van der Waals surface area contributed by atoms with Gasteiger partial charge >= 0.3 is 0 Å². The van der Waals surface area contributed by atoms with E-state index in [2.05, 4.69) is 5.10 Å². The van der Waals surface area contributed by atoms with Crippen LogP contribution in [-0.2, 0) is 0 Å². The Kier molecular flexibility index (Phi) is 3.06. The zero-order chi connectivity index (χ0) is 12.6. The predicted molar refractivity (Wildman–Crippen MR) is 65.6 cm³/mol. The van der Waals surface area contributed by atoms with Crippen molar-refractivity contribution in [1.29, 1.82) is 0 Å². The number of hydrogen-bond donors (Lipinski definition) is 1. The van der Waals surface area contributed by atoms with Crippen molar-refractivity contribution < 1.29 is 8.28 Å². The molecule has 0 saturated carbocycles. The minimum absolute atomic E-state index is 0.00749. The fraction of sp³-hybridized carbons (Fsp3) is 0.182. The zero-order valence-electron chi connectivity index (χ0n) is 9.37. The normalized spacial score (nSPS) is 10.8. The summed E-state index contributed by atoms with van der Waals surface area (Å²) in [5.74, 6) is -0.431. The van der Waals surface area contributed by atoms with E-state index in [9.17, 15) is 8.28 Å². The van der Waals surface area contributed by atoms with Gasteiger partial charge in [-0.25, -0.2) is 4.39 Å². The van der Waals surface area contributed by atoms with E-state index in [-0.39, 0.29) is 12.3 Å². The van der Waals surface area contributed by atoms with Crippen molar-refractivity contribution >= 4 is 18.0 Å². The standard InChI is InChI=1S/C11H11F2N3S/c1-6-11(7(2)16(15-6)17-13)9-4-3-8(14)5-10(9)12/h3-5H,14H2,1-2H3. The van der Waals surface area contributed by atoms with Crippen LogP contribution >= 0.6 is 12.3 Å². The van der Waals surface area contributed by atoms with E-state index in [0.29, 0.717) is 28.2 Å². The highest BCUT2D eigenvalue weighted by atomic mass is 32.2. The summed E-state index contributed by atoms with van der Waals surface area (Å²) in [4.78, 5) is 0. The lowest BCUT2D eigenvalue weighted by atomic mass is 10.0. The Morgan fingerprint density at radius 1 is 1.35 bits per heavy atom. The molecule has 0 spiro atoms. The monoisotopic (exact) mass is 255 g/mol. The van der Waals surface area contributed by atoms with Gasteiger partial charge in [0, 0.05) is 16.8 Å². The van der Waals surface area contributed by atoms with Crippen LogP contribution in [0.4, 0.5) is 14.0 Å². The Labute approximate surface area is 102 Å². The molecule has 1 aromatic heterocycles. The third kappa shape index (κ3) is 2.00. The topological polar surface area (TPSA) is 43.8 Å². The quantitative estimate of drug-likeness (QED) is 0.837. The Morgan fingerprint density at radius 2 is 2.06 bits per heavy atom. The van der Waals surface area contributed by atoms with Crippen LogP contribution in [-0.4, -0.2) is 9.19 Å². The molecule has 0 unspecified atom stereocenters. The molecular weight excluding hydrogens is 244 g/mol. The van der Waals surface area contributed by atoms with E-state index >= 15 is 0 Å². The molecular formula is C11H11F2N3S. The molecule has 0 fully saturated rings. The van der Waals surface area contributed by atoms with E-state index in [1.54, 1.807) is 26.0 Å². The molecule has 1 aromatic carbocycles. The maximum Gasteiger partial charge on any atom is 0.187 e. The van der Waals surface area contributed by atoms with Crippen molar-refractivity contribution in [3.8, 4) is 11.1 Å². The molecule has 90 valence electrons. The first kappa shape index (κ1) is 11.9. The minimum Gasteiger partial charge on any atom is -0.399 e. The van der Waals surface area contributed by atoms with Crippen LogP contribution in [0, 0.1) is 19.7 Å². The van der Waals surface area contributed by atoms with Gasteiger partial charge in [-0.1, -0.05) is 0 Å². The lowest BCUT2D eigenvalue weighted by Crippen LogP contribution is -1.92.